The third kappa shape index (κ3) is 6.24. The van der Waals surface area contributed by atoms with Crippen LogP contribution in [-0.2, 0) is 19.1 Å². The number of amides is 3. The Morgan fingerprint density at radius 3 is 2.57 bits per heavy atom. The van der Waals surface area contributed by atoms with Gasteiger partial charge in [0.05, 0.1) is 25.4 Å². The Labute approximate surface area is 239 Å². The van der Waals surface area contributed by atoms with Gasteiger partial charge in [-0.1, -0.05) is 0 Å². The van der Waals surface area contributed by atoms with Gasteiger partial charge in [-0.05, 0) is 19.4 Å². The van der Waals surface area contributed by atoms with E-state index in [1.807, 2.05) is 0 Å². The molecule has 1 atom stereocenters. The minimum atomic E-state index is -0.859. The van der Waals surface area contributed by atoms with Crippen molar-refractivity contribution in [1.82, 2.24) is 24.6 Å². The number of carbonyl (C=O) groups is 4. The van der Waals surface area contributed by atoms with Gasteiger partial charge in [0.2, 0.25) is 11.7 Å². The summed E-state index contributed by atoms with van der Waals surface area (Å²) in [5.74, 6) is -2.65. The molecule has 2 aliphatic rings. The summed E-state index contributed by atoms with van der Waals surface area (Å²) in [4.78, 5) is 61.3. The number of fused-ring (bicyclic) bond motifs is 1. The maximum atomic E-state index is 15.2. The number of nitrogens with one attached hydrogen (secondary N) is 1. The Kier molecular flexibility index (Phi) is 8.45. The van der Waals surface area contributed by atoms with Crippen LogP contribution in [-0.4, -0.2) is 95.1 Å². The molecule has 1 aromatic carbocycles. The lowest BCUT2D eigenvalue weighted by molar-refractivity contribution is -0.143. The number of benzene rings is 1. The smallest absolute Gasteiger partial charge is 0.414 e. The van der Waals surface area contributed by atoms with E-state index >= 15 is 8.78 Å². The SMILES string of the molecule is CCOC(=O)CC[C@H]1CN(c2cc(F)c(N3CCN(C(=O)CNC(=O)c4cn5cccnc5n4)CC3)c(F)c2)C(=O)O1. The summed E-state index contributed by atoms with van der Waals surface area (Å²) < 4.78 is 42.0. The van der Waals surface area contributed by atoms with Gasteiger partial charge in [-0.15, -0.1) is 0 Å². The molecule has 2 aromatic heterocycles. The number of cyclic esters (lactones) is 1. The van der Waals surface area contributed by atoms with Crippen molar-refractivity contribution >= 4 is 41.0 Å². The highest BCUT2D eigenvalue weighted by molar-refractivity contribution is 5.95. The van der Waals surface area contributed by atoms with Crippen molar-refractivity contribution in [3.8, 4) is 0 Å². The van der Waals surface area contributed by atoms with E-state index in [9.17, 15) is 19.2 Å². The van der Waals surface area contributed by atoms with E-state index in [0.29, 0.717) is 5.78 Å². The average molecular weight is 586 g/mol. The number of hydrogen-bond donors (Lipinski definition) is 1. The summed E-state index contributed by atoms with van der Waals surface area (Å²) in [6.07, 6.45) is 3.67. The number of halogens is 2. The Balaban J connectivity index is 1.13. The number of aromatic nitrogens is 3. The molecule has 0 bridgehead atoms. The van der Waals surface area contributed by atoms with Gasteiger partial charge in [0.1, 0.15) is 17.5 Å². The molecule has 4 heterocycles. The van der Waals surface area contributed by atoms with Crippen LogP contribution in [0.15, 0.2) is 36.8 Å². The first kappa shape index (κ1) is 28.7. The number of esters is 1. The zero-order valence-corrected chi connectivity index (χ0v) is 22.8. The number of anilines is 2. The van der Waals surface area contributed by atoms with Crippen LogP contribution < -0.4 is 15.1 Å². The van der Waals surface area contributed by atoms with Crippen molar-refractivity contribution in [2.45, 2.75) is 25.9 Å². The third-order valence-corrected chi connectivity index (χ3v) is 6.98. The Hall–Kier alpha value is -4.82. The van der Waals surface area contributed by atoms with E-state index in [1.165, 1.54) is 16.0 Å². The molecule has 15 heteroatoms. The van der Waals surface area contributed by atoms with Crippen LogP contribution in [0, 0.1) is 11.6 Å². The summed E-state index contributed by atoms with van der Waals surface area (Å²) in [6.45, 7) is 2.41. The van der Waals surface area contributed by atoms with E-state index < -0.39 is 35.7 Å². The van der Waals surface area contributed by atoms with Crippen LogP contribution >= 0.6 is 0 Å². The quantitative estimate of drug-likeness (QED) is 0.372. The van der Waals surface area contributed by atoms with Gasteiger partial charge < -0.3 is 24.6 Å². The molecule has 2 fully saturated rings. The Morgan fingerprint density at radius 2 is 1.88 bits per heavy atom. The molecule has 2 saturated heterocycles. The molecule has 42 heavy (non-hydrogen) atoms. The molecule has 0 saturated carbocycles. The van der Waals surface area contributed by atoms with Crippen molar-refractivity contribution in [3.63, 3.8) is 0 Å². The predicted molar refractivity (Wildman–Crippen MR) is 144 cm³/mol. The van der Waals surface area contributed by atoms with E-state index in [0.717, 1.165) is 17.0 Å². The molecule has 2 aliphatic heterocycles. The Bertz CT molecular complexity index is 1450. The highest BCUT2D eigenvalue weighted by Crippen LogP contribution is 2.32. The minimum Gasteiger partial charge on any atom is -0.466 e. The topological polar surface area (TPSA) is 139 Å². The number of piperazine rings is 1. The molecular formula is C27H29F2N7O6. The monoisotopic (exact) mass is 585 g/mol. The minimum absolute atomic E-state index is 0.00308. The molecule has 222 valence electrons. The van der Waals surface area contributed by atoms with Crippen LogP contribution in [0.3, 0.4) is 0 Å². The van der Waals surface area contributed by atoms with E-state index in [1.54, 1.807) is 29.8 Å². The molecule has 3 amide bonds. The van der Waals surface area contributed by atoms with Crippen LogP contribution in [0.5, 0.6) is 0 Å². The number of ether oxygens (including phenoxy) is 2. The summed E-state index contributed by atoms with van der Waals surface area (Å²) >= 11 is 0. The van der Waals surface area contributed by atoms with E-state index in [2.05, 4.69) is 15.3 Å². The number of hydrogen-bond acceptors (Lipinski definition) is 9. The lowest BCUT2D eigenvalue weighted by Crippen LogP contribution is -2.51. The molecule has 0 spiro atoms. The zero-order chi connectivity index (χ0) is 29.8. The highest BCUT2D eigenvalue weighted by atomic mass is 19.1. The van der Waals surface area contributed by atoms with Crippen molar-refractivity contribution in [1.29, 1.82) is 0 Å². The normalized spacial score (nSPS) is 17.0. The van der Waals surface area contributed by atoms with Gasteiger partial charge in [0, 0.05) is 63.3 Å². The fourth-order valence-corrected chi connectivity index (χ4v) is 4.88. The van der Waals surface area contributed by atoms with Crippen LogP contribution in [0.2, 0.25) is 0 Å². The van der Waals surface area contributed by atoms with Crippen molar-refractivity contribution in [2.75, 3.05) is 55.7 Å². The summed E-state index contributed by atoms with van der Waals surface area (Å²) in [6, 6.07) is 3.83. The molecule has 0 aliphatic carbocycles. The molecular weight excluding hydrogens is 556 g/mol. The van der Waals surface area contributed by atoms with Crippen molar-refractivity contribution < 1.29 is 37.4 Å². The largest absolute Gasteiger partial charge is 0.466 e. The first-order valence-corrected chi connectivity index (χ1v) is 13.5. The first-order chi connectivity index (χ1) is 20.2. The number of imidazole rings is 1. The lowest BCUT2D eigenvalue weighted by Gasteiger charge is -2.36. The molecule has 0 radical (unpaired) electrons. The maximum Gasteiger partial charge on any atom is 0.414 e. The van der Waals surface area contributed by atoms with E-state index in [4.69, 9.17) is 9.47 Å². The summed E-state index contributed by atoms with van der Waals surface area (Å²) in [5.41, 5.74) is -0.135. The average Bonchev–Trinajstić information content (AvgIpc) is 3.58. The second kappa shape index (κ2) is 12.4. The molecule has 13 nitrogen and oxygen atoms in total. The number of nitrogens with zero attached hydrogens (tertiary/aromatic N) is 6. The van der Waals surface area contributed by atoms with Crippen molar-refractivity contribution in [2.24, 2.45) is 0 Å². The van der Waals surface area contributed by atoms with Gasteiger partial charge in [-0.25, -0.2) is 23.5 Å². The fraction of sp³-hybridized carbons (Fsp3) is 0.407. The van der Waals surface area contributed by atoms with Gasteiger partial charge in [-0.2, -0.15) is 0 Å². The van der Waals surface area contributed by atoms with Gasteiger partial charge in [-0.3, -0.25) is 23.7 Å². The van der Waals surface area contributed by atoms with Crippen LogP contribution in [0.1, 0.15) is 30.3 Å². The van der Waals surface area contributed by atoms with Crippen LogP contribution in [0.4, 0.5) is 25.0 Å². The summed E-state index contributed by atoms with van der Waals surface area (Å²) in [5, 5.41) is 2.54. The van der Waals surface area contributed by atoms with Gasteiger partial charge in [0.15, 0.2) is 11.6 Å². The van der Waals surface area contributed by atoms with Gasteiger partial charge >= 0.3 is 12.1 Å². The second-order valence-corrected chi connectivity index (χ2v) is 9.72. The second-order valence-electron chi connectivity index (χ2n) is 9.72. The highest BCUT2D eigenvalue weighted by Gasteiger charge is 2.34. The first-order valence-electron chi connectivity index (χ1n) is 13.5. The lowest BCUT2D eigenvalue weighted by atomic mass is 10.1. The third-order valence-electron chi connectivity index (χ3n) is 6.98. The zero-order valence-electron chi connectivity index (χ0n) is 22.8. The molecule has 3 aromatic rings. The fourth-order valence-electron chi connectivity index (χ4n) is 4.88. The van der Waals surface area contributed by atoms with E-state index in [-0.39, 0.29) is 81.7 Å². The summed E-state index contributed by atoms with van der Waals surface area (Å²) in [7, 11) is 0. The Morgan fingerprint density at radius 1 is 1.14 bits per heavy atom. The molecule has 0 unspecified atom stereocenters. The van der Waals surface area contributed by atoms with Crippen molar-refractivity contribution in [3.05, 3.63) is 54.1 Å². The van der Waals surface area contributed by atoms with Gasteiger partial charge in [0.25, 0.3) is 5.91 Å². The maximum absolute atomic E-state index is 15.2. The number of carbonyl (C=O) groups excluding carboxylic acids is 4. The molecule has 1 N–H and O–H groups in total. The number of rotatable bonds is 9. The van der Waals surface area contributed by atoms with Crippen LogP contribution in [0.25, 0.3) is 5.78 Å². The predicted octanol–water partition coefficient (Wildman–Crippen LogP) is 1.75. The molecule has 5 rings (SSSR count). The standard InChI is InChI=1S/C27H29F2N7O6/c1-2-41-23(38)5-4-18-15-36(27(40)42-18)17-12-19(28)24(20(29)13-17)34-10-8-33(9-11-34)22(37)14-31-25(39)21-16-35-7-3-6-30-26(35)32-21/h3,6-7,12-13,16,18H,2,4-5,8-11,14-15H2,1H3,(H,31,39)/t18-/m0/s1.